The van der Waals surface area contributed by atoms with Crippen molar-refractivity contribution < 1.29 is 17.9 Å². The van der Waals surface area contributed by atoms with Gasteiger partial charge in [0.25, 0.3) is 0 Å². The number of benzene rings is 2. The average molecular weight is 380 g/mol. The predicted octanol–water partition coefficient (Wildman–Crippen LogP) is 5.11. The van der Waals surface area contributed by atoms with Crippen molar-refractivity contribution >= 4 is 11.8 Å². The van der Waals surface area contributed by atoms with Gasteiger partial charge in [-0.05, 0) is 30.7 Å². The van der Waals surface area contributed by atoms with E-state index in [0.29, 0.717) is 11.6 Å². The average Bonchev–Trinajstić information content (AvgIpc) is 2.90. The zero-order chi connectivity index (χ0) is 18.9. The number of rotatable bonds is 4. The molecule has 1 unspecified atom stereocenters. The van der Waals surface area contributed by atoms with Crippen LogP contribution in [0.5, 0.6) is 5.75 Å². The Balaban J connectivity index is 1.89. The molecular weight excluding hydrogens is 361 g/mol. The van der Waals surface area contributed by atoms with Crippen molar-refractivity contribution in [2.75, 3.05) is 7.11 Å². The molecule has 1 aliphatic rings. The van der Waals surface area contributed by atoms with Gasteiger partial charge in [0.2, 0.25) is 0 Å². The fraction of sp³-hybridized carbons (Fsp3) is 0.263. The molecule has 0 fully saturated rings. The summed E-state index contributed by atoms with van der Waals surface area (Å²) in [7, 11) is 1.61. The number of alkyl halides is 3. The van der Waals surface area contributed by atoms with Crippen LogP contribution in [0.4, 0.5) is 13.2 Å². The van der Waals surface area contributed by atoms with E-state index < -0.39 is 11.7 Å². The Labute approximate surface area is 154 Å². The van der Waals surface area contributed by atoms with Crippen LogP contribution in [0.15, 0.2) is 59.3 Å². The third-order valence-corrected chi connectivity index (χ3v) is 5.66. The van der Waals surface area contributed by atoms with Gasteiger partial charge in [0.1, 0.15) is 11.1 Å². The van der Waals surface area contributed by atoms with E-state index in [0.717, 1.165) is 34.7 Å². The lowest BCUT2D eigenvalue weighted by Crippen LogP contribution is -2.22. The third-order valence-electron chi connectivity index (χ3n) is 4.37. The molecule has 2 N–H and O–H groups in total. The van der Waals surface area contributed by atoms with Gasteiger partial charge in [0, 0.05) is 17.8 Å². The quantitative estimate of drug-likeness (QED) is 0.800. The highest BCUT2D eigenvalue weighted by Crippen LogP contribution is 2.47. The number of ether oxygens (including phenoxy) is 1. The van der Waals surface area contributed by atoms with E-state index in [-0.39, 0.29) is 5.37 Å². The Bertz CT molecular complexity index is 818. The first-order chi connectivity index (χ1) is 12.3. The second kappa shape index (κ2) is 7.15. The number of para-hydroxylation sites is 1. The molecule has 1 atom stereocenters. The highest BCUT2D eigenvalue weighted by Gasteiger charge is 2.33. The first kappa shape index (κ1) is 18.5. The highest BCUT2D eigenvalue weighted by molar-refractivity contribution is 8.03. The van der Waals surface area contributed by atoms with Crippen molar-refractivity contribution in [2.24, 2.45) is 5.73 Å². The Hall–Kier alpha value is -2.28. The second-order valence-corrected chi connectivity index (χ2v) is 7.10. The van der Waals surface area contributed by atoms with Crippen LogP contribution in [0.2, 0.25) is 0 Å². The van der Waals surface area contributed by atoms with Crippen LogP contribution in [0.25, 0.3) is 0 Å². The zero-order valence-electron chi connectivity index (χ0n) is 14.4. The predicted molar refractivity (Wildman–Crippen MR) is 97.2 cm³/mol. The molecule has 0 amide bonds. The fourth-order valence-corrected chi connectivity index (χ4v) is 4.07. The number of methoxy groups -OCH3 is 1. The number of hydrogen-bond acceptors (Lipinski definition) is 4. The molecule has 1 aliphatic heterocycles. The number of nitrogens with two attached hydrogens (primary N) is 1. The normalized spacial score (nSPS) is 17.7. The molecule has 0 bridgehead atoms. The Morgan fingerprint density at radius 3 is 2.38 bits per heavy atom. The minimum atomic E-state index is -4.34. The number of halogens is 3. The molecule has 2 aromatic rings. The van der Waals surface area contributed by atoms with E-state index in [4.69, 9.17) is 10.5 Å². The zero-order valence-corrected chi connectivity index (χ0v) is 15.2. The molecule has 7 heteroatoms. The topological polar surface area (TPSA) is 38.5 Å². The third kappa shape index (κ3) is 3.62. The van der Waals surface area contributed by atoms with Crippen LogP contribution < -0.4 is 10.5 Å². The maximum atomic E-state index is 12.8. The maximum Gasteiger partial charge on any atom is 0.416 e. The standard InChI is InChI=1S/C19H19F3N2OS/c1-12-17(23)26-18(13-7-9-15(10-8-13)19(20,21)22)24(12)11-14-5-3-4-6-16(14)25-2/h3-10,18H,11,23H2,1-2H3. The van der Waals surface area contributed by atoms with Gasteiger partial charge in [-0.2, -0.15) is 13.2 Å². The van der Waals surface area contributed by atoms with Crippen LogP contribution >= 0.6 is 11.8 Å². The first-order valence-electron chi connectivity index (χ1n) is 8.00. The molecule has 0 aliphatic carbocycles. The van der Waals surface area contributed by atoms with Crippen LogP contribution in [0.3, 0.4) is 0 Å². The van der Waals surface area contributed by atoms with E-state index in [1.54, 1.807) is 7.11 Å². The summed E-state index contributed by atoms with van der Waals surface area (Å²) in [6, 6.07) is 12.9. The van der Waals surface area contributed by atoms with Gasteiger partial charge in [0.05, 0.1) is 17.7 Å². The number of hydrogen-bond donors (Lipinski definition) is 1. The van der Waals surface area contributed by atoms with E-state index >= 15 is 0 Å². The van der Waals surface area contributed by atoms with Crippen molar-refractivity contribution in [3.05, 3.63) is 75.9 Å². The molecule has 138 valence electrons. The Morgan fingerprint density at radius 2 is 1.77 bits per heavy atom. The maximum absolute atomic E-state index is 12.8. The molecular formula is C19H19F3N2OS. The molecule has 1 heterocycles. The van der Waals surface area contributed by atoms with Crippen LogP contribution in [0.1, 0.15) is 29.0 Å². The molecule has 2 aromatic carbocycles. The number of nitrogens with zero attached hydrogens (tertiary/aromatic N) is 1. The van der Waals surface area contributed by atoms with E-state index in [9.17, 15) is 13.2 Å². The summed E-state index contributed by atoms with van der Waals surface area (Å²) in [5.41, 5.74) is 8.13. The van der Waals surface area contributed by atoms with Gasteiger partial charge >= 0.3 is 6.18 Å². The largest absolute Gasteiger partial charge is 0.496 e. The lowest BCUT2D eigenvalue weighted by Gasteiger charge is -2.28. The Morgan fingerprint density at radius 1 is 1.12 bits per heavy atom. The summed E-state index contributed by atoms with van der Waals surface area (Å²) in [4.78, 5) is 2.08. The van der Waals surface area contributed by atoms with E-state index in [2.05, 4.69) is 4.90 Å². The molecule has 0 spiro atoms. The van der Waals surface area contributed by atoms with Crippen molar-refractivity contribution in [3.63, 3.8) is 0 Å². The molecule has 0 radical (unpaired) electrons. The summed E-state index contributed by atoms with van der Waals surface area (Å²) in [5.74, 6) is 0.766. The molecule has 26 heavy (non-hydrogen) atoms. The molecule has 3 rings (SSSR count). The lowest BCUT2D eigenvalue weighted by atomic mass is 10.1. The minimum absolute atomic E-state index is 0.179. The fourth-order valence-electron chi connectivity index (χ4n) is 2.89. The molecule has 0 saturated heterocycles. The van der Waals surface area contributed by atoms with Crippen LogP contribution in [-0.4, -0.2) is 12.0 Å². The van der Waals surface area contributed by atoms with Crippen LogP contribution in [0, 0.1) is 0 Å². The van der Waals surface area contributed by atoms with E-state index in [1.807, 2.05) is 31.2 Å². The van der Waals surface area contributed by atoms with Crippen molar-refractivity contribution in [2.45, 2.75) is 25.0 Å². The smallest absolute Gasteiger partial charge is 0.416 e. The van der Waals surface area contributed by atoms with E-state index in [1.165, 1.54) is 23.9 Å². The van der Waals surface area contributed by atoms with Gasteiger partial charge in [-0.25, -0.2) is 0 Å². The lowest BCUT2D eigenvalue weighted by molar-refractivity contribution is -0.137. The molecule has 3 nitrogen and oxygen atoms in total. The Kier molecular flexibility index (Phi) is 5.09. The minimum Gasteiger partial charge on any atom is -0.496 e. The first-order valence-corrected chi connectivity index (χ1v) is 8.88. The second-order valence-electron chi connectivity index (χ2n) is 5.98. The van der Waals surface area contributed by atoms with Crippen molar-refractivity contribution in [1.82, 2.24) is 4.90 Å². The monoisotopic (exact) mass is 380 g/mol. The molecule has 0 saturated carbocycles. The van der Waals surface area contributed by atoms with Gasteiger partial charge < -0.3 is 15.4 Å². The summed E-state index contributed by atoms with van der Waals surface area (Å²) in [5, 5.41) is 0.493. The summed E-state index contributed by atoms with van der Waals surface area (Å²) in [6.45, 7) is 2.47. The highest BCUT2D eigenvalue weighted by atomic mass is 32.2. The summed E-state index contributed by atoms with van der Waals surface area (Å²) >= 11 is 1.44. The number of thioether (sulfide) groups is 1. The van der Waals surface area contributed by atoms with Gasteiger partial charge in [-0.15, -0.1) is 0 Å². The van der Waals surface area contributed by atoms with Gasteiger partial charge in [-0.3, -0.25) is 0 Å². The van der Waals surface area contributed by atoms with Crippen LogP contribution in [-0.2, 0) is 12.7 Å². The number of allylic oxidation sites excluding steroid dienone is 1. The molecule has 0 aromatic heterocycles. The van der Waals surface area contributed by atoms with Crippen molar-refractivity contribution in [3.8, 4) is 5.75 Å². The summed E-state index contributed by atoms with van der Waals surface area (Å²) < 4.78 is 43.8. The van der Waals surface area contributed by atoms with Gasteiger partial charge in [0.15, 0.2) is 0 Å². The summed E-state index contributed by atoms with van der Waals surface area (Å²) in [6.07, 6.45) is -4.34. The SMILES string of the molecule is COc1ccccc1CN1C(C)=C(N)SC1c1ccc(C(F)(F)F)cc1. The van der Waals surface area contributed by atoms with Gasteiger partial charge in [-0.1, -0.05) is 42.1 Å². The van der Waals surface area contributed by atoms with Crippen molar-refractivity contribution in [1.29, 1.82) is 0 Å².